The van der Waals surface area contributed by atoms with Gasteiger partial charge in [0.1, 0.15) is 23.0 Å². The van der Waals surface area contributed by atoms with Gasteiger partial charge in [-0.2, -0.15) is 0 Å². The Morgan fingerprint density at radius 1 is 1.00 bits per heavy atom. The summed E-state index contributed by atoms with van der Waals surface area (Å²) in [7, 11) is 3.24. The predicted molar refractivity (Wildman–Crippen MR) is 142 cm³/mol. The Balaban J connectivity index is 1.33. The van der Waals surface area contributed by atoms with E-state index < -0.39 is 5.92 Å². The summed E-state index contributed by atoms with van der Waals surface area (Å²) in [5, 5.41) is 4.80. The highest BCUT2D eigenvalue weighted by molar-refractivity contribution is 5.58. The molecule has 0 aliphatic carbocycles. The molecule has 39 heavy (non-hydrogen) atoms. The summed E-state index contributed by atoms with van der Waals surface area (Å²) < 4.78 is 42.7. The Kier molecular flexibility index (Phi) is 6.44. The van der Waals surface area contributed by atoms with Crippen molar-refractivity contribution in [2.24, 2.45) is 0 Å². The number of nitrogens with zero attached hydrogens (tertiary/aromatic N) is 7. The molecule has 4 aromatic rings. The smallest absolute Gasteiger partial charge is 0.251 e. The van der Waals surface area contributed by atoms with Crippen molar-refractivity contribution >= 4 is 5.69 Å². The average Bonchev–Trinajstić information content (AvgIpc) is 3.58. The van der Waals surface area contributed by atoms with Crippen LogP contribution in [0.25, 0.3) is 17.2 Å². The quantitative estimate of drug-likeness (QED) is 0.343. The van der Waals surface area contributed by atoms with Gasteiger partial charge in [-0.3, -0.25) is 0 Å². The lowest BCUT2D eigenvalue weighted by Gasteiger charge is -2.34. The highest BCUT2D eigenvalue weighted by Gasteiger charge is 2.35. The van der Waals surface area contributed by atoms with Crippen molar-refractivity contribution in [3.05, 3.63) is 59.9 Å². The molecular formula is C28H31F2N7O2. The fourth-order valence-corrected chi connectivity index (χ4v) is 5.49. The molecule has 1 fully saturated rings. The van der Waals surface area contributed by atoms with Gasteiger partial charge in [0.15, 0.2) is 5.82 Å². The topological polar surface area (TPSA) is 83.1 Å². The van der Waals surface area contributed by atoms with E-state index in [1.165, 1.54) is 0 Å². The molecule has 0 saturated carbocycles. The highest BCUT2D eigenvalue weighted by Crippen LogP contribution is 2.41. The number of aryl methyl sites for hydroxylation is 2. The predicted octanol–water partition coefficient (Wildman–Crippen LogP) is 5.01. The molecule has 0 spiro atoms. The van der Waals surface area contributed by atoms with Crippen LogP contribution in [0.2, 0.25) is 0 Å². The van der Waals surface area contributed by atoms with Gasteiger partial charge in [0.2, 0.25) is 5.88 Å². The van der Waals surface area contributed by atoms with Gasteiger partial charge < -0.3 is 18.9 Å². The number of ether oxygens (including phenoxy) is 2. The first kappa shape index (κ1) is 25.3. The van der Waals surface area contributed by atoms with Gasteiger partial charge >= 0.3 is 0 Å². The standard InChI is InChI=1S/C28H31F2N7O2/c1-18-16-36(17-31-18)23-8-7-22(32-27(23)39-3)25-33-26-20(5-4-12-37(26)34-25)21-15-19(6-9-24(21)38-2)35-13-10-28(29,30)11-14-35/h6-9,15-17,20H,4-5,10-14H2,1-3H3/t20-/m0/s1. The van der Waals surface area contributed by atoms with Crippen LogP contribution in [0.5, 0.6) is 11.6 Å². The summed E-state index contributed by atoms with van der Waals surface area (Å²) in [6.07, 6.45) is 5.18. The lowest BCUT2D eigenvalue weighted by molar-refractivity contribution is -0.0220. The molecule has 0 unspecified atom stereocenters. The van der Waals surface area contributed by atoms with E-state index in [9.17, 15) is 8.78 Å². The van der Waals surface area contributed by atoms with E-state index in [-0.39, 0.29) is 18.8 Å². The van der Waals surface area contributed by atoms with Gasteiger partial charge in [0.05, 0.1) is 26.2 Å². The van der Waals surface area contributed by atoms with Crippen molar-refractivity contribution < 1.29 is 18.3 Å². The average molecular weight is 536 g/mol. The summed E-state index contributed by atoms with van der Waals surface area (Å²) in [6, 6.07) is 9.76. The van der Waals surface area contributed by atoms with Crippen LogP contribution < -0.4 is 14.4 Å². The molecule has 6 rings (SSSR count). The summed E-state index contributed by atoms with van der Waals surface area (Å²) in [5.41, 5.74) is 4.20. The Hall–Kier alpha value is -4.02. The number of hydrogen-bond donors (Lipinski definition) is 0. The van der Waals surface area contributed by atoms with Crippen molar-refractivity contribution in [2.75, 3.05) is 32.2 Å². The van der Waals surface area contributed by atoms with E-state index in [4.69, 9.17) is 24.5 Å². The number of pyridine rings is 1. The maximum Gasteiger partial charge on any atom is 0.251 e. The number of anilines is 1. The van der Waals surface area contributed by atoms with E-state index in [1.54, 1.807) is 20.5 Å². The minimum absolute atomic E-state index is 0.0452. The normalized spacial score (nSPS) is 18.6. The van der Waals surface area contributed by atoms with Crippen LogP contribution in [-0.2, 0) is 6.54 Å². The largest absolute Gasteiger partial charge is 0.496 e. The van der Waals surface area contributed by atoms with Crippen molar-refractivity contribution in [1.82, 2.24) is 29.3 Å². The second-order valence-corrected chi connectivity index (χ2v) is 10.1. The van der Waals surface area contributed by atoms with Gasteiger partial charge in [0.25, 0.3) is 5.92 Å². The second-order valence-electron chi connectivity index (χ2n) is 10.1. The number of hydrogen-bond acceptors (Lipinski definition) is 7. The van der Waals surface area contributed by atoms with Gasteiger partial charge in [0, 0.05) is 55.8 Å². The molecule has 1 atom stereocenters. The van der Waals surface area contributed by atoms with E-state index in [0.717, 1.165) is 53.6 Å². The molecule has 1 aromatic carbocycles. The highest BCUT2D eigenvalue weighted by atomic mass is 19.3. The SMILES string of the molecule is COc1ccc(N2CCC(F)(F)CC2)cc1[C@@H]1CCCn2nc(-c3ccc(-n4cnc(C)c4)c(OC)n3)nc21. The molecule has 0 bridgehead atoms. The molecule has 204 valence electrons. The first-order valence-corrected chi connectivity index (χ1v) is 13.2. The third-order valence-electron chi connectivity index (χ3n) is 7.58. The molecule has 1 saturated heterocycles. The third kappa shape index (κ3) is 4.81. The Morgan fingerprint density at radius 2 is 1.82 bits per heavy atom. The number of fused-ring (bicyclic) bond motifs is 1. The van der Waals surface area contributed by atoms with Crippen molar-refractivity contribution in [2.45, 2.75) is 51.0 Å². The second kappa shape index (κ2) is 9.94. The number of rotatable bonds is 6. The minimum atomic E-state index is -2.59. The Bertz CT molecular complexity index is 1490. The van der Waals surface area contributed by atoms with Gasteiger partial charge in [-0.05, 0) is 50.1 Å². The molecule has 9 nitrogen and oxygen atoms in total. The zero-order chi connectivity index (χ0) is 27.1. The zero-order valence-electron chi connectivity index (χ0n) is 22.3. The molecular weight excluding hydrogens is 504 g/mol. The van der Waals surface area contributed by atoms with E-state index in [2.05, 4.69) is 11.1 Å². The molecule has 0 N–H and O–H groups in total. The van der Waals surface area contributed by atoms with Crippen LogP contribution in [0.4, 0.5) is 14.5 Å². The first-order valence-electron chi connectivity index (χ1n) is 13.2. The van der Waals surface area contributed by atoms with Crippen LogP contribution in [0.15, 0.2) is 42.9 Å². The summed E-state index contributed by atoms with van der Waals surface area (Å²) >= 11 is 0. The number of piperidine rings is 1. The van der Waals surface area contributed by atoms with Crippen molar-refractivity contribution in [3.63, 3.8) is 0 Å². The third-order valence-corrected chi connectivity index (χ3v) is 7.58. The number of benzene rings is 1. The number of aromatic nitrogens is 6. The Morgan fingerprint density at radius 3 is 2.54 bits per heavy atom. The molecule has 0 radical (unpaired) electrons. The van der Waals surface area contributed by atoms with E-state index >= 15 is 0 Å². The molecule has 11 heteroatoms. The summed E-state index contributed by atoms with van der Waals surface area (Å²) in [5.74, 6) is -0.0612. The van der Waals surface area contributed by atoms with Crippen LogP contribution in [0, 0.1) is 6.92 Å². The first-order chi connectivity index (χ1) is 18.8. The van der Waals surface area contributed by atoms with Crippen molar-refractivity contribution in [3.8, 4) is 28.8 Å². The van der Waals surface area contributed by atoms with Gasteiger partial charge in [-0.15, -0.1) is 5.10 Å². The van der Waals surface area contributed by atoms with Crippen LogP contribution >= 0.6 is 0 Å². The monoisotopic (exact) mass is 535 g/mol. The van der Waals surface area contributed by atoms with Gasteiger partial charge in [-0.25, -0.2) is 28.4 Å². The van der Waals surface area contributed by atoms with Crippen LogP contribution in [0.1, 0.15) is 48.7 Å². The lowest BCUT2D eigenvalue weighted by atomic mass is 9.89. The zero-order valence-corrected chi connectivity index (χ0v) is 22.3. The maximum absolute atomic E-state index is 13.8. The molecule has 5 heterocycles. The fourth-order valence-electron chi connectivity index (χ4n) is 5.49. The summed E-state index contributed by atoms with van der Waals surface area (Å²) in [6.45, 7) is 3.33. The summed E-state index contributed by atoms with van der Waals surface area (Å²) in [4.78, 5) is 16.0. The van der Waals surface area contributed by atoms with Crippen molar-refractivity contribution in [1.29, 1.82) is 0 Å². The van der Waals surface area contributed by atoms with E-state index in [0.29, 0.717) is 30.5 Å². The number of imidazole rings is 1. The number of alkyl halides is 2. The van der Waals surface area contributed by atoms with Crippen LogP contribution in [-0.4, -0.2) is 62.5 Å². The number of methoxy groups -OCH3 is 2. The lowest BCUT2D eigenvalue weighted by Crippen LogP contribution is -2.39. The Labute approximate surface area is 225 Å². The van der Waals surface area contributed by atoms with E-state index in [1.807, 2.05) is 51.5 Å². The van der Waals surface area contributed by atoms with Gasteiger partial charge in [-0.1, -0.05) is 0 Å². The minimum Gasteiger partial charge on any atom is -0.496 e. The number of halogens is 2. The molecule has 3 aromatic heterocycles. The molecule has 0 amide bonds. The fraction of sp³-hybridized carbons (Fsp3) is 0.429. The maximum atomic E-state index is 13.8. The molecule has 2 aliphatic heterocycles. The molecule has 2 aliphatic rings. The van der Waals surface area contributed by atoms with Crippen LogP contribution in [0.3, 0.4) is 0 Å².